The summed E-state index contributed by atoms with van der Waals surface area (Å²) in [6.07, 6.45) is 5.04. The number of rotatable bonds is 8. The van der Waals surface area contributed by atoms with E-state index in [1.165, 1.54) is 40.0 Å². The predicted octanol–water partition coefficient (Wildman–Crippen LogP) is 6.16. The van der Waals surface area contributed by atoms with Crippen LogP contribution in [0.25, 0.3) is 5.57 Å². The second-order valence-electron chi connectivity index (χ2n) is 10.4. The van der Waals surface area contributed by atoms with Crippen molar-refractivity contribution in [1.29, 1.82) is 0 Å². The predicted molar refractivity (Wildman–Crippen MR) is 150 cm³/mol. The van der Waals surface area contributed by atoms with E-state index in [4.69, 9.17) is 0 Å². The van der Waals surface area contributed by atoms with Gasteiger partial charge in [-0.25, -0.2) is 0 Å². The summed E-state index contributed by atoms with van der Waals surface area (Å²) in [5, 5.41) is 9.98. The van der Waals surface area contributed by atoms with Gasteiger partial charge < -0.3 is 10.0 Å². The van der Waals surface area contributed by atoms with Crippen LogP contribution in [0, 0.1) is 0 Å². The highest BCUT2D eigenvalue weighted by atomic mass is 16.3. The molecule has 2 saturated heterocycles. The van der Waals surface area contributed by atoms with E-state index in [2.05, 4.69) is 77.7 Å². The standard InChI is InChI=1S/C33H38N2O2/c1-3-34(24(2)36)33(37)28-16-14-27(15-17-28)32(26-12-8-5-9-13-26)29-22-30-18-19-31(23-29)35(30)21-20-25-10-6-4-7-11-25/h4-17,24,30-31,36H,3,18-23H2,1-2H3. The quantitative estimate of drug-likeness (QED) is 0.382. The number of carbonyl (C=O) groups excluding carboxylic acids is 1. The summed E-state index contributed by atoms with van der Waals surface area (Å²) in [7, 11) is 0. The van der Waals surface area contributed by atoms with Gasteiger partial charge in [0, 0.05) is 30.7 Å². The summed E-state index contributed by atoms with van der Waals surface area (Å²) in [4.78, 5) is 17.2. The van der Waals surface area contributed by atoms with Crippen molar-refractivity contribution >= 4 is 11.5 Å². The van der Waals surface area contributed by atoms with Crippen LogP contribution >= 0.6 is 0 Å². The number of carbonyl (C=O) groups is 1. The first-order chi connectivity index (χ1) is 18.0. The highest BCUT2D eigenvalue weighted by Gasteiger charge is 2.39. The van der Waals surface area contributed by atoms with E-state index in [0.29, 0.717) is 24.2 Å². The molecule has 2 aliphatic rings. The Morgan fingerprint density at radius 1 is 0.865 bits per heavy atom. The van der Waals surface area contributed by atoms with Gasteiger partial charge in [-0.05, 0) is 80.3 Å². The third-order valence-electron chi connectivity index (χ3n) is 8.13. The fraction of sp³-hybridized carbons (Fsp3) is 0.364. The van der Waals surface area contributed by atoms with Gasteiger partial charge in [-0.1, -0.05) is 78.4 Å². The molecular weight excluding hydrogens is 456 g/mol. The van der Waals surface area contributed by atoms with Crippen LogP contribution in [0.1, 0.15) is 66.6 Å². The van der Waals surface area contributed by atoms with E-state index in [0.717, 1.165) is 31.4 Å². The number of nitrogens with zero attached hydrogens (tertiary/aromatic N) is 2. The summed E-state index contributed by atoms with van der Waals surface area (Å²) in [6.45, 7) is 5.12. The molecule has 192 valence electrons. The second-order valence-corrected chi connectivity index (χ2v) is 10.4. The molecule has 3 aromatic rings. The second kappa shape index (κ2) is 11.5. The third-order valence-corrected chi connectivity index (χ3v) is 8.13. The Kier molecular flexibility index (Phi) is 7.87. The van der Waals surface area contributed by atoms with Crippen LogP contribution in [0.15, 0.2) is 90.5 Å². The zero-order valence-corrected chi connectivity index (χ0v) is 22.0. The Morgan fingerprint density at radius 3 is 1.97 bits per heavy atom. The van der Waals surface area contributed by atoms with Gasteiger partial charge in [-0.3, -0.25) is 9.69 Å². The lowest BCUT2D eigenvalue weighted by molar-refractivity contribution is 0.0200. The number of piperidine rings is 1. The fourth-order valence-corrected chi connectivity index (χ4v) is 6.28. The topological polar surface area (TPSA) is 43.8 Å². The molecule has 2 heterocycles. The van der Waals surface area contributed by atoms with Gasteiger partial charge in [0.05, 0.1) is 0 Å². The zero-order chi connectivity index (χ0) is 25.8. The average molecular weight is 495 g/mol. The van der Waals surface area contributed by atoms with Gasteiger partial charge in [0.25, 0.3) is 5.91 Å². The molecule has 2 fully saturated rings. The van der Waals surface area contributed by atoms with Gasteiger partial charge in [0.2, 0.25) is 0 Å². The van der Waals surface area contributed by atoms with Crippen molar-refractivity contribution in [1.82, 2.24) is 9.80 Å². The van der Waals surface area contributed by atoms with Crippen LogP contribution in [-0.2, 0) is 6.42 Å². The molecule has 4 heteroatoms. The van der Waals surface area contributed by atoms with Crippen LogP contribution < -0.4 is 0 Å². The van der Waals surface area contributed by atoms with Gasteiger partial charge in [-0.2, -0.15) is 0 Å². The van der Waals surface area contributed by atoms with Crippen LogP contribution in [0.5, 0.6) is 0 Å². The molecule has 0 aromatic heterocycles. The number of benzene rings is 3. The molecule has 37 heavy (non-hydrogen) atoms. The molecule has 3 atom stereocenters. The molecule has 0 radical (unpaired) electrons. The van der Waals surface area contributed by atoms with Crippen LogP contribution in [0.2, 0.25) is 0 Å². The lowest BCUT2D eigenvalue weighted by Gasteiger charge is -2.37. The number of aliphatic hydroxyl groups is 1. The largest absolute Gasteiger partial charge is 0.374 e. The summed E-state index contributed by atoms with van der Waals surface area (Å²) in [5.74, 6) is -0.136. The lowest BCUT2D eigenvalue weighted by Crippen LogP contribution is -2.41. The molecule has 1 amide bonds. The number of aliphatic hydroxyl groups excluding tert-OH is 1. The van der Waals surface area contributed by atoms with Gasteiger partial charge >= 0.3 is 0 Å². The summed E-state index contributed by atoms with van der Waals surface area (Å²) >= 11 is 0. The van der Waals surface area contributed by atoms with E-state index >= 15 is 0 Å². The maximum Gasteiger partial charge on any atom is 0.255 e. The number of fused-ring (bicyclic) bond motifs is 2. The van der Waals surface area contributed by atoms with Gasteiger partial charge in [0.15, 0.2) is 0 Å². The minimum atomic E-state index is -0.804. The molecule has 1 N–H and O–H groups in total. The SMILES string of the molecule is CCN(C(=O)c1ccc(C(=C2CC3CCC(C2)N3CCc2ccccc2)c2ccccc2)cc1)C(C)O. The van der Waals surface area contributed by atoms with Crippen molar-refractivity contribution in [3.8, 4) is 0 Å². The highest BCUT2D eigenvalue weighted by Crippen LogP contribution is 2.43. The van der Waals surface area contributed by atoms with E-state index in [9.17, 15) is 9.90 Å². The molecule has 0 spiro atoms. The van der Waals surface area contributed by atoms with Crippen molar-refractivity contribution in [3.05, 3.63) is 113 Å². The monoisotopic (exact) mass is 494 g/mol. The molecule has 3 unspecified atom stereocenters. The Hall–Kier alpha value is -3.21. The Morgan fingerprint density at radius 2 is 1.41 bits per heavy atom. The smallest absolute Gasteiger partial charge is 0.255 e. The molecule has 4 nitrogen and oxygen atoms in total. The number of hydrogen-bond acceptors (Lipinski definition) is 3. The van der Waals surface area contributed by atoms with Crippen LogP contribution in [-0.4, -0.2) is 52.2 Å². The van der Waals surface area contributed by atoms with Crippen LogP contribution in [0.3, 0.4) is 0 Å². The van der Waals surface area contributed by atoms with Crippen molar-refractivity contribution in [2.24, 2.45) is 0 Å². The third kappa shape index (κ3) is 5.56. The molecule has 3 aromatic carbocycles. The lowest BCUT2D eigenvalue weighted by atomic mass is 9.85. The first kappa shape index (κ1) is 25.4. The van der Waals surface area contributed by atoms with Gasteiger partial charge in [0.1, 0.15) is 6.23 Å². The molecule has 0 aliphatic carbocycles. The highest BCUT2D eigenvalue weighted by molar-refractivity contribution is 5.95. The molecule has 2 bridgehead atoms. The normalized spacial score (nSPS) is 20.0. The van der Waals surface area contributed by atoms with Crippen LogP contribution in [0.4, 0.5) is 0 Å². The van der Waals surface area contributed by atoms with E-state index in [-0.39, 0.29) is 5.91 Å². The first-order valence-corrected chi connectivity index (χ1v) is 13.7. The number of amides is 1. The van der Waals surface area contributed by atoms with Gasteiger partial charge in [-0.15, -0.1) is 0 Å². The average Bonchev–Trinajstić information content (AvgIpc) is 3.16. The van der Waals surface area contributed by atoms with E-state index in [1.807, 2.05) is 19.1 Å². The first-order valence-electron chi connectivity index (χ1n) is 13.7. The maximum absolute atomic E-state index is 12.9. The van der Waals surface area contributed by atoms with Crippen molar-refractivity contribution in [2.75, 3.05) is 13.1 Å². The molecular formula is C33H38N2O2. The van der Waals surface area contributed by atoms with Crippen molar-refractivity contribution in [3.63, 3.8) is 0 Å². The fourth-order valence-electron chi connectivity index (χ4n) is 6.28. The van der Waals surface area contributed by atoms with E-state index < -0.39 is 6.23 Å². The van der Waals surface area contributed by atoms with Crippen molar-refractivity contribution in [2.45, 2.75) is 64.3 Å². The summed E-state index contributed by atoms with van der Waals surface area (Å²) in [5.41, 5.74) is 7.29. The van der Waals surface area contributed by atoms with Crippen molar-refractivity contribution < 1.29 is 9.90 Å². The summed E-state index contributed by atoms with van der Waals surface area (Å²) < 4.78 is 0. The zero-order valence-electron chi connectivity index (χ0n) is 22.0. The minimum absolute atomic E-state index is 0.136. The molecule has 2 aliphatic heterocycles. The summed E-state index contributed by atoms with van der Waals surface area (Å²) in [6, 6.07) is 30.7. The maximum atomic E-state index is 12.9. The Bertz CT molecular complexity index is 1200. The Balaban J connectivity index is 1.41. The minimum Gasteiger partial charge on any atom is -0.374 e. The molecule has 0 saturated carbocycles. The van der Waals surface area contributed by atoms with E-state index in [1.54, 1.807) is 6.92 Å². The Labute approximate surface area is 221 Å². The number of hydrogen-bond donors (Lipinski definition) is 1. The molecule has 5 rings (SSSR count).